The molecule has 1 saturated heterocycles. The summed E-state index contributed by atoms with van der Waals surface area (Å²) in [6.07, 6.45) is 3.12. The van der Waals surface area contributed by atoms with E-state index in [-0.39, 0.29) is 23.2 Å². The number of nitrogens with one attached hydrogen (secondary N) is 1. The van der Waals surface area contributed by atoms with Crippen LogP contribution in [0.2, 0.25) is 0 Å². The molecule has 1 aromatic heterocycles. The number of aromatic nitrogens is 2. The Labute approximate surface area is 194 Å². The smallest absolute Gasteiger partial charge is 0.168 e. The molecule has 3 atom stereocenters. The lowest BCUT2D eigenvalue weighted by atomic mass is 9.46. The minimum Gasteiger partial charge on any atom is -0.390 e. The van der Waals surface area contributed by atoms with Gasteiger partial charge in [0.1, 0.15) is 11.6 Å². The zero-order valence-corrected chi connectivity index (χ0v) is 18.4. The summed E-state index contributed by atoms with van der Waals surface area (Å²) in [7, 11) is 13.0. The van der Waals surface area contributed by atoms with Gasteiger partial charge in [0, 0.05) is 30.8 Å². The summed E-state index contributed by atoms with van der Waals surface area (Å²) < 4.78 is 40.9. The van der Waals surface area contributed by atoms with E-state index >= 15 is 0 Å². The van der Waals surface area contributed by atoms with Crippen molar-refractivity contribution in [1.29, 1.82) is 0 Å². The highest BCUT2D eigenvalue weighted by Gasteiger charge is 2.51. The molecule has 0 amide bonds. The Kier molecular flexibility index (Phi) is 5.52. The van der Waals surface area contributed by atoms with Gasteiger partial charge >= 0.3 is 0 Å². The van der Waals surface area contributed by atoms with E-state index in [0.29, 0.717) is 36.6 Å². The van der Waals surface area contributed by atoms with Crippen molar-refractivity contribution >= 4 is 21.5 Å². The zero-order valence-electron chi connectivity index (χ0n) is 18.4. The van der Waals surface area contributed by atoms with Crippen molar-refractivity contribution < 1.29 is 18.3 Å². The standard InChI is InChI=1S/C23H25B2F3N4O/c1-22(33)8-14(9-22)23(24,25)32-10-12-4-16(5-13(12)11-32)29-20-3-2-19(30-31-20)17-6-15(26)7-18(27)21(17)28/h2-3,6-7,12-14,16,33H,4-5,8-11H2,1H3,(H,29,31)/t12-,13+,14?,16?,22?. The predicted octanol–water partition coefficient (Wildman–Crippen LogP) is 2.84. The van der Waals surface area contributed by atoms with Crippen molar-refractivity contribution in [2.24, 2.45) is 17.8 Å². The molecule has 5 nitrogen and oxygen atoms in total. The molecule has 2 aliphatic carbocycles. The minimum atomic E-state index is -1.26. The quantitative estimate of drug-likeness (QED) is 0.540. The average Bonchev–Trinajstić information content (AvgIpc) is 3.29. The first-order valence-corrected chi connectivity index (χ1v) is 11.3. The molecule has 1 aliphatic heterocycles. The number of anilines is 1. The number of benzene rings is 1. The van der Waals surface area contributed by atoms with E-state index in [0.717, 1.165) is 32.0 Å². The normalized spacial score (nSPS) is 31.9. The van der Waals surface area contributed by atoms with Crippen LogP contribution in [0.15, 0.2) is 24.3 Å². The monoisotopic (exact) mass is 452 g/mol. The third-order valence-electron chi connectivity index (χ3n) is 7.61. The Morgan fingerprint density at radius 3 is 2.33 bits per heavy atom. The van der Waals surface area contributed by atoms with Crippen LogP contribution in [0.4, 0.5) is 19.0 Å². The molecule has 1 aromatic carbocycles. The van der Waals surface area contributed by atoms with Crippen molar-refractivity contribution in [2.75, 3.05) is 18.4 Å². The summed E-state index contributed by atoms with van der Waals surface area (Å²) >= 11 is 0. The Morgan fingerprint density at radius 2 is 1.76 bits per heavy atom. The van der Waals surface area contributed by atoms with Crippen molar-refractivity contribution in [1.82, 2.24) is 15.1 Å². The number of aliphatic hydroxyl groups is 1. The summed E-state index contributed by atoms with van der Waals surface area (Å²) in [5, 5.41) is 20.5. The van der Waals surface area contributed by atoms with E-state index in [1.54, 1.807) is 6.07 Å². The molecule has 170 valence electrons. The number of hydrogen-bond acceptors (Lipinski definition) is 5. The van der Waals surface area contributed by atoms with Gasteiger partial charge in [-0.25, -0.2) is 13.2 Å². The van der Waals surface area contributed by atoms with Crippen LogP contribution in [0.1, 0.15) is 32.6 Å². The number of likely N-dealkylation sites (tertiary alicyclic amines) is 1. The van der Waals surface area contributed by atoms with Gasteiger partial charge in [-0.05, 0) is 68.6 Å². The molecule has 5 rings (SSSR count). The molecule has 2 N–H and O–H groups in total. The maximum atomic E-state index is 14.0. The van der Waals surface area contributed by atoms with E-state index in [1.807, 2.05) is 6.92 Å². The van der Waals surface area contributed by atoms with Gasteiger partial charge in [0.15, 0.2) is 11.6 Å². The number of rotatable bonds is 5. The van der Waals surface area contributed by atoms with Crippen LogP contribution in [-0.2, 0) is 0 Å². The fourth-order valence-corrected chi connectivity index (χ4v) is 5.83. The second-order valence-electron chi connectivity index (χ2n) is 10.3. The van der Waals surface area contributed by atoms with Gasteiger partial charge in [0.25, 0.3) is 0 Å². The lowest BCUT2D eigenvalue weighted by Crippen LogP contribution is -2.61. The van der Waals surface area contributed by atoms with Crippen LogP contribution < -0.4 is 5.32 Å². The second kappa shape index (κ2) is 8.01. The third kappa shape index (κ3) is 4.28. The molecule has 4 radical (unpaired) electrons. The first-order chi connectivity index (χ1) is 15.5. The summed E-state index contributed by atoms with van der Waals surface area (Å²) in [6.45, 7) is 3.46. The van der Waals surface area contributed by atoms with Gasteiger partial charge in [0.2, 0.25) is 0 Å². The van der Waals surface area contributed by atoms with Crippen LogP contribution >= 0.6 is 0 Å². The molecule has 33 heavy (non-hydrogen) atoms. The van der Waals surface area contributed by atoms with Crippen LogP contribution in [0.5, 0.6) is 0 Å². The van der Waals surface area contributed by atoms with E-state index < -0.39 is 28.4 Å². The molecular weight excluding hydrogens is 427 g/mol. The fourth-order valence-electron chi connectivity index (χ4n) is 5.83. The number of nitrogens with zero attached hydrogens (tertiary/aromatic N) is 3. The van der Waals surface area contributed by atoms with Crippen molar-refractivity contribution in [3.8, 4) is 11.3 Å². The maximum Gasteiger partial charge on any atom is 0.168 e. The molecule has 2 saturated carbocycles. The van der Waals surface area contributed by atoms with Gasteiger partial charge in [-0.2, -0.15) is 0 Å². The molecule has 1 unspecified atom stereocenters. The SMILES string of the molecule is [B]C([B])(C1CC(C)(O)C1)N1C[C@H]2CC(Nc3ccc(-c4cc(F)cc(F)c4F)nn3)C[C@H]2C1. The van der Waals surface area contributed by atoms with E-state index in [2.05, 4.69) is 20.4 Å². The second-order valence-corrected chi connectivity index (χ2v) is 10.3. The zero-order chi connectivity index (χ0) is 23.5. The lowest BCUT2D eigenvalue weighted by molar-refractivity contribution is -0.0786. The van der Waals surface area contributed by atoms with E-state index in [4.69, 9.17) is 15.7 Å². The Balaban J connectivity index is 1.18. The van der Waals surface area contributed by atoms with Crippen molar-refractivity contribution in [2.45, 2.75) is 49.6 Å². The topological polar surface area (TPSA) is 61.3 Å². The highest BCUT2D eigenvalue weighted by molar-refractivity contribution is 6.40. The number of hydrogen-bond donors (Lipinski definition) is 2. The van der Waals surface area contributed by atoms with Crippen molar-refractivity contribution in [3.05, 3.63) is 41.7 Å². The highest BCUT2D eigenvalue weighted by atomic mass is 19.2. The highest BCUT2D eigenvalue weighted by Crippen LogP contribution is 2.47. The lowest BCUT2D eigenvalue weighted by Gasteiger charge is -2.54. The summed E-state index contributed by atoms with van der Waals surface area (Å²) in [4.78, 5) is 2.17. The Bertz CT molecular complexity index is 1030. The molecule has 10 heteroatoms. The van der Waals surface area contributed by atoms with Gasteiger partial charge in [-0.1, -0.05) is 5.34 Å². The van der Waals surface area contributed by atoms with Crippen molar-refractivity contribution in [3.63, 3.8) is 0 Å². The molecule has 0 bridgehead atoms. The Hall–Kier alpha value is -2.06. The fraction of sp³-hybridized carbons (Fsp3) is 0.565. The first-order valence-electron chi connectivity index (χ1n) is 11.3. The predicted molar refractivity (Wildman–Crippen MR) is 120 cm³/mol. The maximum absolute atomic E-state index is 14.0. The molecule has 2 aromatic rings. The molecular formula is C23H25B2F3N4O. The summed E-state index contributed by atoms with van der Waals surface area (Å²) in [6, 6.07) is 4.74. The van der Waals surface area contributed by atoms with E-state index in [9.17, 15) is 18.3 Å². The molecule has 2 heterocycles. The van der Waals surface area contributed by atoms with Gasteiger partial charge < -0.3 is 15.3 Å². The molecule has 3 fully saturated rings. The van der Waals surface area contributed by atoms with Crippen LogP contribution in [-0.4, -0.2) is 66.0 Å². The largest absolute Gasteiger partial charge is 0.390 e. The average molecular weight is 452 g/mol. The van der Waals surface area contributed by atoms with Crippen LogP contribution in [0.3, 0.4) is 0 Å². The number of fused-ring (bicyclic) bond motifs is 1. The molecule has 3 aliphatic rings. The van der Waals surface area contributed by atoms with Gasteiger partial charge in [-0.15, -0.1) is 10.2 Å². The summed E-state index contributed by atoms with van der Waals surface area (Å²) in [5.41, 5.74) is -0.862. The van der Waals surface area contributed by atoms with Crippen LogP contribution in [0.25, 0.3) is 11.3 Å². The third-order valence-corrected chi connectivity index (χ3v) is 7.61. The number of halogens is 3. The first kappa shape index (κ1) is 22.7. The van der Waals surface area contributed by atoms with E-state index in [1.165, 1.54) is 6.07 Å². The Morgan fingerprint density at radius 1 is 1.09 bits per heavy atom. The van der Waals surface area contributed by atoms with Crippen LogP contribution in [0, 0.1) is 35.2 Å². The van der Waals surface area contributed by atoms with Gasteiger partial charge in [0.05, 0.1) is 27.0 Å². The summed E-state index contributed by atoms with van der Waals surface area (Å²) in [5.74, 6) is -1.74. The minimum absolute atomic E-state index is 0.0626. The molecule has 0 spiro atoms. The van der Waals surface area contributed by atoms with Gasteiger partial charge in [-0.3, -0.25) is 0 Å².